The van der Waals surface area contributed by atoms with Crippen molar-refractivity contribution in [3.8, 4) is 45.0 Å². The molecular weight excluding hydrogens is 611 g/mol. The summed E-state index contributed by atoms with van der Waals surface area (Å²) in [7, 11) is 0. The second kappa shape index (κ2) is 11.2. The average molecular weight is 640 g/mol. The lowest BCUT2D eigenvalue weighted by Gasteiger charge is -2.32. The summed E-state index contributed by atoms with van der Waals surface area (Å²) in [6, 6.07) is 61.3. The van der Waals surface area contributed by atoms with Gasteiger partial charge in [-0.25, -0.2) is 15.0 Å². The summed E-state index contributed by atoms with van der Waals surface area (Å²) in [6.07, 6.45) is 0. The molecule has 4 heteroatoms. The van der Waals surface area contributed by atoms with Crippen LogP contribution < -0.4 is 0 Å². The SMILES string of the molecule is c1ccc(-c2ccc(C3(c4nc(-c5ccccc5)nc(-c5ccc6c(c5)oc5ccccc56)n4)c4ccccc4-c4ccccc43)cc2)cc1. The first-order valence-corrected chi connectivity index (χ1v) is 16.9. The third-order valence-electron chi connectivity index (χ3n) is 10.0. The predicted octanol–water partition coefficient (Wildman–Crippen LogP) is 11.1. The topological polar surface area (TPSA) is 51.8 Å². The number of nitrogens with zero attached hydrogens (tertiary/aromatic N) is 3. The van der Waals surface area contributed by atoms with Crippen LogP contribution in [0, 0.1) is 0 Å². The Bertz CT molecular complexity index is 2650. The molecule has 50 heavy (non-hydrogen) atoms. The molecule has 0 radical (unpaired) electrons. The summed E-state index contributed by atoms with van der Waals surface area (Å²) in [5.74, 6) is 1.90. The number of benzene rings is 7. The van der Waals surface area contributed by atoms with Gasteiger partial charge in [0.1, 0.15) is 16.6 Å². The average Bonchev–Trinajstić information content (AvgIpc) is 3.72. The third kappa shape index (κ3) is 4.28. The van der Waals surface area contributed by atoms with E-state index < -0.39 is 5.41 Å². The van der Waals surface area contributed by atoms with Gasteiger partial charge in [0.25, 0.3) is 0 Å². The number of aromatic nitrogens is 3. The van der Waals surface area contributed by atoms with Gasteiger partial charge >= 0.3 is 0 Å². The number of hydrogen-bond donors (Lipinski definition) is 0. The third-order valence-corrected chi connectivity index (χ3v) is 10.0. The van der Waals surface area contributed by atoms with Gasteiger partial charge in [0, 0.05) is 21.9 Å². The highest BCUT2D eigenvalue weighted by Crippen LogP contribution is 2.55. The van der Waals surface area contributed by atoms with Gasteiger partial charge in [-0.2, -0.15) is 0 Å². The fourth-order valence-corrected chi connectivity index (χ4v) is 7.71. The Morgan fingerprint density at radius 3 is 1.60 bits per heavy atom. The van der Waals surface area contributed by atoms with Crippen LogP contribution in [0.2, 0.25) is 0 Å². The van der Waals surface area contributed by atoms with Crippen molar-refractivity contribution in [3.05, 3.63) is 198 Å². The van der Waals surface area contributed by atoms with E-state index in [-0.39, 0.29) is 0 Å². The molecule has 10 rings (SSSR count). The maximum atomic E-state index is 6.32. The lowest BCUT2D eigenvalue weighted by atomic mass is 9.71. The van der Waals surface area contributed by atoms with Crippen molar-refractivity contribution in [1.82, 2.24) is 15.0 Å². The van der Waals surface area contributed by atoms with Gasteiger partial charge in [-0.05, 0) is 57.1 Å². The fraction of sp³-hybridized carbons (Fsp3) is 0.0217. The molecule has 0 aliphatic heterocycles. The molecule has 4 nitrogen and oxygen atoms in total. The molecule has 1 aliphatic carbocycles. The van der Waals surface area contributed by atoms with Gasteiger partial charge in [0.15, 0.2) is 17.5 Å². The van der Waals surface area contributed by atoms with E-state index in [0.717, 1.165) is 55.3 Å². The smallest absolute Gasteiger partial charge is 0.163 e. The second-order valence-corrected chi connectivity index (χ2v) is 12.8. The fourth-order valence-electron chi connectivity index (χ4n) is 7.71. The van der Waals surface area contributed by atoms with Crippen molar-refractivity contribution in [2.24, 2.45) is 0 Å². The largest absolute Gasteiger partial charge is 0.456 e. The predicted molar refractivity (Wildman–Crippen MR) is 201 cm³/mol. The standard InChI is InChI=1S/C46H29N3O/c1-3-13-30(14-4-1)31-23-26-34(27-24-31)46(39-20-10-7-17-35(39)36-18-8-11-21-40(36)46)45-48-43(32-15-5-2-6-16-32)47-44(49-45)33-25-28-38-37-19-9-12-22-41(37)50-42(38)29-33/h1-29H. The van der Waals surface area contributed by atoms with Crippen LogP contribution in [0.15, 0.2) is 180 Å². The molecule has 0 amide bonds. The Labute approximate surface area is 289 Å². The number of hydrogen-bond acceptors (Lipinski definition) is 4. The number of fused-ring (bicyclic) bond motifs is 6. The Balaban J connectivity index is 1.27. The Morgan fingerprint density at radius 1 is 0.380 bits per heavy atom. The molecule has 0 unspecified atom stereocenters. The zero-order chi connectivity index (χ0) is 33.1. The minimum atomic E-state index is -0.799. The van der Waals surface area contributed by atoms with Gasteiger partial charge in [-0.15, -0.1) is 0 Å². The molecule has 7 aromatic carbocycles. The quantitative estimate of drug-likeness (QED) is 0.188. The van der Waals surface area contributed by atoms with Crippen LogP contribution in [0.3, 0.4) is 0 Å². The minimum Gasteiger partial charge on any atom is -0.456 e. The first kappa shape index (κ1) is 28.4. The van der Waals surface area contributed by atoms with Gasteiger partial charge in [0.05, 0.1) is 0 Å². The summed E-state index contributed by atoms with van der Waals surface area (Å²) in [5.41, 5.74) is 10.8. The van der Waals surface area contributed by atoms with Gasteiger partial charge < -0.3 is 4.42 Å². The second-order valence-electron chi connectivity index (χ2n) is 12.8. The van der Waals surface area contributed by atoms with E-state index in [2.05, 4.69) is 133 Å². The Morgan fingerprint density at radius 2 is 0.900 bits per heavy atom. The Hall–Kier alpha value is -6.65. The van der Waals surface area contributed by atoms with E-state index in [1.165, 1.54) is 16.7 Å². The first-order valence-electron chi connectivity index (χ1n) is 16.9. The molecule has 0 N–H and O–H groups in total. The molecule has 234 valence electrons. The van der Waals surface area contributed by atoms with Gasteiger partial charge in [0.2, 0.25) is 0 Å². The molecule has 2 heterocycles. The van der Waals surface area contributed by atoms with Gasteiger partial charge in [-0.3, -0.25) is 0 Å². The summed E-state index contributed by atoms with van der Waals surface area (Å²) in [4.78, 5) is 16.0. The molecule has 0 saturated carbocycles. The highest BCUT2D eigenvalue weighted by Gasteiger charge is 2.48. The van der Waals surface area contributed by atoms with Crippen LogP contribution in [-0.4, -0.2) is 15.0 Å². The van der Waals surface area contributed by atoms with Crippen molar-refractivity contribution in [2.45, 2.75) is 5.41 Å². The monoisotopic (exact) mass is 639 g/mol. The van der Waals surface area contributed by atoms with Crippen molar-refractivity contribution >= 4 is 21.9 Å². The maximum absolute atomic E-state index is 6.32. The molecular formula is C46H29N3O. The molecule has 0 spiro atoms. The zero-order valence-electron chi connectivity index (χ0n) is 27.0. The van der Waals surface area contributed by atoms with Crippen LogP contribution in [0.1, 0.15) is 22.5 Å². The maximum Gasteiger partial charge on any atom is 0.163 e. The van der Waals surface area contributed by atoms with Crippen molar-refractivity contribution in [3.63, 3.8) is 0 Å². The van der Waals surface area contributed by atoms with Crippen LogP contribution in [-0.2, 0) is 5.41 Å². The molecule has 0 bridgehead atoms. The summed E-state index contributed by atoms with van der Waals surface area (Å²) in [5, 5.41) is 2.16. The molecule has 0 atom stereocenters. The number of rotatable bonds is 5. The van der Waals surface area contributed by atoms with Crippen molar-refractivity contribution in [2.75, 3.05) is 0 Å². The number of para-hydroxylation sites is 1. The summed E-state index contributed by atoms with van der Waals surface area (Å²) < 4.78 is 6.32. The molecule has 0 saturated heterocycles. The van der Waals surface area contributed by atoms with Crippen LogP contribution in [0.4, 0.5) is 0 Å². The lowest BCUT2D eigenvalue weighted by Crippen LogP contribution is -2.31. The van der Waals surface area contributed by atoms with Gasteiger partial charge in [-0.1, -0.05) is 158 Å². The zero-order valence-corrected chi connectivity index (χ0v) is 27.0. The highest BCUT2D eigenvalue weighted by atomic mass is 16.3. The first-order chi connectivity index (χ1) is 24.8. The van der Waals surface area contributed by atoms with E-state index in [0.29, 0.717) is 17.5 Å². The lowest BCUT2D eigenvalue weighted by molar-refractivity contribution is 0.669. The van der Waals surface area contributed by atoms with E-state index >= 15 is 0 Å². The summed E-state index contributed by atoms with van der Waals surface area (Å²) in [6.45, 7) is 0. The minimum absolute atomic E-state index is 0.596. The normalized spacial score (nSPS) is 13.0. The van der Waals surface area contributed by atoms with Crippen molar-refractivity contribution in [1.29, 1.82) is 0 Å². The molecule has 2 aromatic heterocycles. The van der Waals surface area contributed by atoms with E-state index in [1.54, 1.807) is 0 Å². The molecule has 1 aliphatic rings. The van der Waals surface area contributed by atoms with E-state index in [9.17, 15) is 0 Å². The van der Waals surface area contributed by atoms with Crippen LogP contribution in [0.5, 0.6) is 0 Å². The molecule has 9 aromatic rings. The van der Waals surface area contributed by atoms with E-state index in [1.807, 2.05) is 42.5 Å². The summed E-state index contributed by atoms with van der Waals surface area (Å²) >= 11 is 0. The van der Waals surface area contributed by atoms with Crippen molar-refractivity contribution < 1.29 is 4.42 Å². The van der Waals surface area contributed by atoms with E-state index in [4.69, 9.17) is 19.4 Å². The number of furan rings is 1. The van der Waals surface area contributed by atoms with Crippen LogP contribution in [0.25, 0.3) is 67.0 Å². The van der Waals surface area contributed by atoms with Crippen LogP contribution >= 0.6 is 0 Å². The highest BCUT2D eigenvalue weighted by molar-refractivity contribution is 6.05. The Kier molecular flexibility index (Phi) is 6.36. The molecule has 0 fully saturated rings.